The van der Waals surface area contributed by atoms with Crippen molar-refractivity contribution >= 4 is 37.5 Å². The summed E-state index contributed by atoms with van der Waals surface area (Å²) in [5.41, 5.74) is 6.64. The van der Waals surface area contributed by atoms with E-state index < -0.39 is 20.0 Å². The van der Waals surface area contributed by atoms with E-state index in [4.69, 9.17) is 14.2 Å². The van der Waals surface area contributed by atoms with Gasteiger partial charge < -0.3 is 19.1 Å². The van der Waals surface area contributed by atoms with E-state index in [1.807, 2.05) is 25.1 Å². The number of para-hydroxylation sites is 2. The lowest BCUT2D eigenvalue weighted by molar-refractivity contribution is 0.0986. The van der Waals surface area contributed by atoms with Crippen LogP contribution < -0.4 is 14.5 Å². The van der Waals surface area contributed by atoms with Gasteiger partial charge in [-0.2, -0.15) is 8.61 Å². The van der Waals surface area contributed by atoms with Crippen molar-refractivity contribution in [1.29, 1.82) is 0 Å². The summed E-state index contributed by atoms with van der Waals surface area (Å²) < 4.78 is 71.1. The number of sulfonamides is 2. The molecule has 12 nitrogen and oxygen atoms in total. The average molecular weight is 789 g/mol. The van der Waals surface area contributed by atoms with Gasteiger partial charge in [-0.25, -0.2) is 21.6 Å². The van der Waals surface area contributed by atoms with E-state index >= 15 is 0 Å². The Labute approximate surface area is 324 Å². The molecular formula is C41H48N4O8S2. The molecule has 4 aliphatic rings. The van der Waals surface area contributed by atoms with Crippen LogP contribution in [0.2, 0.25) is 0 Å². The summed E-state index contributed by atoms with van der Waals surface area (Å²) in [4.78, 5) is 17.1. The Morgan fingerprint density at radius 3 is 1.82 bits per heavy atom. The van der Waals surface area contributed by atoms with Crippen LogP contribution in [0.25, 0.3) is 0 Å². The van der Waals surface area contributed by atoms with Crippen LogP contribution in [0.5, 0.6) is 5.75 Å². The highest BCUT2D eigenvalue weighted by Crippen LogP contribution is 2.36. The quantitative estimate of drug-likeness (QED) is 0.208. The van der Waals surface area contributed by atoms with E-state index in [2.05, 4.69) is 30.0 Å². The van der Waals surface area contributed by atoms with Crippen LogP contribution in [0, 0.1) is 13.8 Å². The normalized spacial score (nSPS) is 18.8. The first-order valence-corrected chi connectivity index (χ1v) is 21.5. The van der Waals surface area contributed by atoms with Crippen molar-refractivity contribution in [2.45, 2.75) is 74.6 Å². The van der Waals surface area contributed by atoms with Crippen molar-refractivity contribution < 1.29 is 35.8 Å². The van der Waals surface area contributed by atoms with Gasteiger partial charge in [-0.05, 0) is 74.9 Å². The summed E-state index contributed by atoms with van der Waals surface area (Å²) in [7, 11) is -5.47. The number of methoxy groups -OCH3 is 1. The van der Waals surface area contributed by atoms with Gasteiger partial charge in [-0.1, -0.05) is 60.7 Å². The number of hydrogen-bond acceptors (Lipinski definition) is 9. The molecule has 4 heterocycles. The molecule has 14 heteroatoms. The zero-order valence-electron chi connectivity index (χ0n) is 31.5. The number of aryl methyl sites for hydroxylation is 2. The number of amides is 1. The maximum absolute atomic E-state index is 13.0. The SMILES string of the molecule is COc1cccc(S(=O)(=O)N2CCC(N3COCc4cccc(C)c43)CC2)c1.Cc1cccc2c1N(C1CCN(S(=O)(=O)c3ccccc3)CC1)C(=O)OC2. The van der Waals surface area contributed by atoms with Crippen molar-refractivity contribution in [2.24, 2.45) is 0 Å². The Balaban J connectivity index is 0.000000169. The second kappa shape index (κ2) is 16.3. The lowest BCUT2D eigenvalue weighted by atomic mass is 10.00. The van der Waals surface area contributed by atoms with Crippen LogP contribution in [-0.2, 0) is 42.7 Å². The molecule has 292 valence electrons. The standard InChI is InChI=1S/C21H26N2O4S.C20H22N2O4S/c1-16-5-3-6-17-14-27-15-23(21(16)17)18-9-11-22(12-10-18)28(24,25)20-8-4-7-19(13-20)26-2;1-15-6-5-7-16-14-26-20(23)22(19(15)16)17-10-12-21(13-11-17)27(24,25)18-8-3-2-4-9-18/h3-8,13,18H,9-12,14-15H2,1-2H3;2-9,17H,10-14H2,1H3. The lowest BCUT2D eigenvalue weighted by Crippen LogP contribution is -2.50. The molecule has 0 unspecified atom stereocenters. The third-order valence-corrected chi connectivity index (χ3v) is 14.7. The smallest absolute Gasteiger partial charge is 0.414 e. The zero-order chi connectivity index (χ0) is 38.7. The predicted molar refractivity (Wildman–Crippen MR) is 210 cm³/mol. The number of carbonyl (C=O) groups excluding carboxylic acids is 1. The third-order valence-electron chi connectivity index (χ3n) is 10.9. The number of benzene rings is 4. The van der Waals surface area contributed by atoms with E-state index in [0.717, 1.165) is 29.7 Å². The third kappa shape index (κ3) is 7.96. The number of piperidine rings is 2. The molecule has 0 saturated carbocycles. The lowest BCUT2D eigenvalue weighted by Gasteiger charge is -2.42. The summed E-state index contributed by atoms with van der Waals surface area (Å²) in [5, 5.41) is 0. The minimum absolute atomic E-state index is 0.0696. The van der Waals surface area contributed by atoms with E-state index in [1.54, 1.807) is 63.8 Å². The highest BCUT2D eigenvalue weighted by Gasteiger charge is 2.38. The Kier molecular flexibility index (Phi) is 11.5. The van der Waals surface area contributed by atoms with Crippen LogP contribution in [0.15, 0.2) is 101 Å². The molecule has 0 atom stereocenters. The molecule has 4 aliphatic heterocycles. The molecule has 0 spiro atoms. The summed E-state index contributed by atoms with van der Waals surface area (Å²) in [6.07, 6.45) is 2.37. The molecule has 8 rings (SSSR count). The fourth-order valence-corrected chi connectivity index (χ4v) is 11.0. The van der Waals surface area contributed by atoms with Crippen molar-refractivity contribution in [2.75, 3.05) is 49.8 Å². The Hall–Kier alpha value is -4.47. The second-order valence-corrected chi connectivity index (χ2v) is 18.2. The first kappa shape index (κ1) is 38.8. The van der Waals surface area contributed by atoms with Gasteiger partial charge in [0, 0.05) is 61.1 Å². The Bertz CT molecular complexity index is 2220. The molecule has 4 aromatic carbocycles. The number of cyclic esters (lactones) is 1. The van der Waals surface area contributed by atoms with Crippen molar-refractivity contribution in [3.05, 3.63) is 113 Å². The number of nitrogens with zero attached hydrogens (tertiary/aromatic N) is 4. The fraction of sp³-hybridized carbons (Fsp3) is 0.390. The summed E-state index contributed by atoms with van der Waals surface area (Å²) in [5.74, 6) is 0.550. The van der Waals surface area contributed by atoms with Gasteiger partial charge in [0.2, 0.25) is 20.0 Å². The van der Waals surface area contributed by atoms with Gasteiger partial charge in [0.25, 0.3) is 0 Å². The van der Waals surface area contributed by atoms with Gasteiger partial charge >= 0.3 is 6.09 Å². The highest BCUT2D eigenvalue weighted by molar-refractivity contribution is 7.89. The Morgan fingerprint density at radius 1 is 0.636 bits per heavy atom. The highest BCUT2D eigenvalue weighted by atomic mass is 32.2. The number of ether oxygens (including phenoxy) is 3. The predicted octanol–water partition coefficient (Wildman–Crippen LogP) is 6.46. The van der Waals surface area contributed by atoms with Crippen LogP contribution in [0.4, 0.5) is 16.2 Å². The number of anilines is 2. The molecule has 2 saturated heterocycles. The van der Waals surface area contributed by atoms with Crippen molar-refractivity contribution in [1.82, 2.24) is 8.61 Å². The van der Waals surface area contributed by atoms with E-state index in [1.165, 1.54) is 28.2 Å². The maximum Gasteiger partial charge on any atom is 0.414 e. The minimum Gasteiger partial charge on any atom is -0.497 e. The topological polar surface area (TPSA) is 126 Å². The van der Waals surface area contributed by atoms with E-state index in [9.17, 15) is 21.6 Å². The number of rotatable bonds is 7. The number of carbonyl (C=O) groups is 1. The second-order valence-electron chi connectivity index (χ2n) is 14.3. The van der Waals surface area contributed by atoms with Gasteiger partial charge in [-0.15, -0.1) is 0 Å². The van der Waals surface area contributed by atoms with Crippen molar-refractivity contribution in [3.63, 3.8) is 0 Å². The van der Waals surface area contributed by atoms with Crippen LogP contribution in [0.1, 0.15) is 47.9 Å². The summed E-state index contributed by atoms with van der Waals surface area (Å²) in [6.45, 7) is 7.36. The van der Waals surface area contributed by atoms with Crippen LogP contribution in [-0.4, -0.2) is 83.6 Å². The van der Waals surface area contributed by atoms with Gasteiger partial charge in [0.05, 0.1) is 29.2 Å². The first-order chi connectivity index (χ1) is 26.5. The number of hydrogen-bond donors (Lipinski definition) is 0. The molecule has 55 heavy (non-hydrogen) atoms. The molecular weight excluding hydrogens is 741 g/mol. The minimum atomic E-state index is -3.51. The first-order valence-electron chi connectivity index (χ1n) is 18.7. The van der Waals surface area contributed by atoms with Crippen LogP contribution >= 0.6 is 0 Å². The Morgan fingerprint density at radius 2 is 1.18 bits per heavy atom. The maximum atomic E-state index is 13.0. The molecule has 0 aromatic heterocycles. The van der Waals surface area contributed by atoms with Crippen molar-refractivity contribution in [3.8, 4) is 5.75 Å². The van der Waals surface area contributed by atoms with E-state index in [-0.39, 0.29) is 29.7 Å². The van der Waals surface area contributed by atoms with Gasteiger partial charge in [-0.3, -0.25) is 4.90 Å². The molecule has 0 aliphatic carbocycles. The average Bonchev–Trinajstić information content (AvgIpc) is 3.22. The summed E-state index contributed by atoms with van der Waals surface area (Å²) in [6, 6.07) is 27.6. The summed E-state index contributed by atoms with van der Waals surface area (Å²) >= 11 is 0. The molecule has 1 amide bonds. The van der Waals surface area contributed by atoms with Gasteiger partial charge in [0.15, 0.2) is 0 Å². The molecule has 0 N–H and O–H groups in total. The molecule has 0 radical (unpaired) electrons. The van der Waals surface area contributed by atoms with Gasteiger partial charge in [0.1, 0.15) is 19.1 Å². The fourth-order valence-electron chi connectivity index (χ4n) is 8.05. The van der Waals surface area contributed by atoms with Crippen LogP contribution in [0.3, 0.4) is 0 Å². The zero-order valence-corrected chi connectivity index (χ0v) is 33.1. The molecule has 2 fully saturated rings. The molecule has 4 aromatic rings. The van der Waals surface area contributed by atoms with E-state index in [0.29, 0.717) is 63.0 Å². The molecule has 0 bridgehead atoms. The largest absolute Gasteiger partial charge is 0.497 e. The monoisotopic (exact) mass is 788 g/mol. The number of fused-ring (bicyclic) bond motifs is 2.